The van der Waals surface area contributed by atoms with Crippen molar-refractivity contribution in [2.45, 2.75) is 58.7 Å². The molecule has 1 N–H and O–H groups in total. The number of benzene rings is 1. The number of carbonyl (C=O) groups excluding carboxylic acids is 2. The van der Waals surface area contributed by atoms with Crippen molar-refractivity contribution >= 4 is 11.8 Å². The van der Waals surface area contributed by atoms with Gasteiger partial charge in [-0.2, -0.15) is 0 Å². The van der Waals surface area contributed by atoms with Gasteiger partial charge in [-0.05, 0) is 25.3 Å². The highest BCUT2D eigenvalue weighted by atomic mass is 16.2. The van der Waals surface area contributed by atoms with Gasteiger partial charge in [-0.15, -0.1) is 0 Å². The van der Waals surface area contributed by atoms with E-state index in [-0.39, 0.29) is 30.3 Å². The molecular weight excluding hydrogens is 416 g/mol. The Labute approximate surface area is 194 Å². The van der Waals surface area contributed by atoms with E-state index in [1.165, 1.54) is 0 Å². The first-order valence-electron chi connectivity index (χ1n) is 11.4. The van der Waals surface area contributed by atoms with Crippen molar-refractivity contribution in [3.05, 3.63) is 77.4 Å². The van der Waals surface area contributed by atoms with Gasteiger partial charge in [0.05, 0.1) is 17.3 Å². The Morgan fingerprint density at radius 3 is 2.70 bits per heavy atom. The predicted molar refractivity (Wildman–Crippen MR) is 124 cm³/mol. The number of rotatable bonds is 7. The summed E-state index contributed by atoms with van der Waals surface area (Å²) >= 11 is 0. The van der Waals surface area contributed by atoms with Gasteiger partial charge in [-0.25, -0.2) is 15.0 Å². The summed E-state index contributed by atoms with van der Waals surface area (Å²) < 4.78 is 1.91. The molecular formula is C25H30N6O2. The molecule has 0 bridgehead atoms. The quantitative estimate of drug-likeness (QED) is 0.600. The lowest BCUT2D eigenvalue weighted by Crippen LogP contribution is -2.34. The van der Waals surface area contributed by atoms with Crippen LogP contribution in [0.4, 0.5) is 0 Å². The first kappa shape index (κ1) is 22.6. The molecule has 3 aromatic rings. The Morgan fingerprint density at radius 2 is 1.97 bits per heavy atom. The summed E-state index contributed by atoms with van der Waals surface area (Å²) in [5, 5.41) is 2.92. The van der Waals surface area contributed by atoms with E-state index < -0.39 is 0 Å². The summed E-state index contributed by atoms with van der Waals surface area (Å²) in [4.78, 5) is 41.1. The molecule has 2 amide bonds. The van der Waals surface area contributed by atoms with Crippen LogP contribution in [0.2, 0.25) is 0 Å². The smallest absolute Gasteiger partial charge is 0.254 e. The molecule has 172 valence electrons. The highest BCUT2D eigenvalue weighted by molar-refractivity contribution is 5.94. The van der Waals surface area contributed by atoms with Crippen LogP contribution in [-0.4, -0.2) is 42.8 Å². The van der Waals surface area contributed by atoms with Crippen molar-refractivity contribution in [3.63, 3.8) is 0 Å². The highest BCUT2D eigenvalue weighted by Crippen LogP contribution is 2.30. The fourth-order valence-electron chi connectivity index (χ4n) is 4.27. The molecule has 1 aliphatic heterocycles. The Bertz CT molecular complexity index is 1120. The largest absolute Gasteiger partial charge is 0.348 e. The number of imidazole rings is 1. The molecule has 1 aliphatic rings. The molecule has 0 radical (unpaired) electrons. The molecule has 0 spiro atoms. The third-order valence-corrected chi connectivity index (χ3v) is 5.98. The van der Waals surface area contributed by atoms with Crippen molar-refractivity contribution in [1.29, 1.82) is 0 Å². The molecule has 33 heavy (non-hydrogen) atoms. The third-order valence-electron chi connectivity index (χ3n) is 5.98. The fraction of sp³-hybridized carbons (Fsp3) is 0.400. The van der Waals surface area contributed by atoms with Crippen LogP contribution in [0.15, 0.2) is 48.9 Å². The van der Waals surface area contributed by atoms with E-state index in [0.717, 1.165) is 24.2 Å². The molecule has 1 aromatic carbocycles. The number of nitrogens with zero attached hydrogens (tertiary/aromatic N) is 5. The molecule has 8 heteroatoms. The molecule has 2 aromatic heterocycles. The van der Waals surface area contributed by atoms with Crippen molar-refractivity contribution in [3.8, 4) is 0 Å². The number of amides is 2. The Kier molecular flexibility index (Phi) is 6.82. The molecule has 4 rings (SSSR count). The van der Waals surface area contributed by atoms with E-state index in [4.69, 9.17) is 0 Å². The summed E-state index contributed by atoms with van der Waals surface area (Å²) in [6.45, 7) is 7.31. The van der Waals surface area contributed by atoms with Crippen LogP contribution < -0.4 is 5.32 Å². The minimum atomic E-state index is -0.205. The SMILES string of the molecule is Cc1nc([C@H]2CCCN2C(=O)Cn2ccnc2C(C)C)ncc1C(=O)NCc1ccccc1. The molecule has 8 nitrogen and oxygen atoms in total. The first-order valence-corrected chi connectivity index (χ1v) is 11.4. The van der Waals surface area contributed by atoms with E-state index >= 15 is 0 Å². The number of hydrogen-bond donors (Lipinski definition) is 1. The van der Waals surface area contributed by atoms with Crippen LogP contribution >= 0.6 is 0 Å². The Morgan fingerprint density at radius 1 is 1.18 bits per heavy atom. The van der Waals surface area contributed by atoms with Crippen molar-refractivity contribution in [1.82, 2.24) is 29.7 Å². The maximum Gasteiger partial charge on any atom is 0.254 e. The molecule has 0 saturated carbocycles. The molecule has 1 saturated heterocycles. The van der Waals surface area contributed by atoms with Crippen LogP contribution in [0.3, 0.4) is 0 Å². The topological polar surface area (TPSA) is 93.0 Å². The number of nitrogens with one attached hydrogen (secondary N) is 1. The average Bonchev–Trinajstić information content (AvgIpc) is 3.48. The zero-order valence-corrected chi connectivity index (χ0v) is 19.4. The first-order chi connectivity index (χ1) is 15.9. The summed E-state index contributed by atoms with van der Waals surface area (Å²) in [6.07, 6.45) is 6.87. The Balaban J connectivity index is 1.44. The molecule has 3 heterocycles. The minimum absolute atomic E-state index is 0.0309. The molecule has 1 fully saturated rings. The second kappa shape index (κ2) is 9.94. The van der Waals surface area contributed by atoms with Crippen LogP contribution in [0.5, 0.6) is 0 Å². The monoisotopic (exact) mass is 446 g/mol. The van der Waals surface area contributed by atoms with Crippen molar-refractivity contribution in [2.24, 2.45) is 0 Å². The maximum absolute atomic E-state index is 13.1. The standard InChI is InChI=1S/C25H30N6O2/c1-17(2)24-26-11-13-30(24)16-22(32)31-12-7-10-21(31)23-27-15-20(18(3)29-23)25(33)28-14-19-8-5-4-6-9-19/h4-6,8-9,11,13,15,17,21H,7,10,12,14,16H2,1-3H3,(H,28,33)/t21-/m1/s1. The van der Waals surface area contributed by atoms with Gasteiger partial charge in [0.1, 0.15) is 12.4 Å². The maximum atomic E-state index is 13.1. The van der Waals surface area contributed by atoms with Gasteiger partial charge in [0.25, 0.3) is 5.91 Å². The lowest BCUT2D eigenvalue weighted by molar-refractivity contribution is -0.133. The van der Waals surface area contributed by atoms with Crippen LogP contribution in [0.1, 0.15) is 71.9 Å². The molecule has 1 atom stereocenters. The van der Waals surface area contributed by atoms with E-state index in [1.54, 1.807) is 12.4 Å². The number of likely N-dealkylation sites (tertiary alicyclic amines) is 1. The highest BCUT2D eigenvalue weighted by Gasteiger charge is 2.32. The summed E-state index contributed by atoms with van der Waals surface area (Å²) in [5.74, 6) is 1.56. The van der Waals surface area contributed by atoms with E-state index in [1.807, 2.05) is 52.9 Å². The van der Waals surface area contributed by atoms with Gasteiger partial charge in [-0.1, -0.05) is 44.2 Å². The zero-order valence-electron chi connectivity index (χ0n) is 19.4. The normalized spacial score (nSPS) is 15.8. The second-order valence-electron chi connectivity index (χ2n) is 8.71. The summed E-state index contributed by atoms with van der Waals surface area (Å²) in [6, 6.07) is 9.57. The summed E-state index contributed by atoms with van der Waals surface area (Å²) in [5.41, 5.74) is 2.09. The number of hydrogen-bond acceptors (Lipinski definition) is 5. The van der Waals surface area contributed by atoms with E-state index in [0.29, 0.717) is 30.2 Å². The fourth-order valence-corrected chi connectivity index (χ4v) is 4.27. The van der Waals surface area contributed by atoms with Gasteiger partial charge in [0, 0.05) is 37.6 Å². The van der Waals surface area contributed by atoms with Crippen molar-refractivity contribution in [2.75, 3.05) is 6.54 Å². The van der Waals surface area contributed by atoms with Gasteiger partial charge in [0.2, 0.25) is 5.91 Å². The number of carbonyl (C=O) groups is 2. The lowest BCUT2D eigenvalue weighted by Gasteiger charge is -2.25. The number of aromatic nitrogens is 4. The lowest BCUT2D eigenvalue weighted by atomic mass is 10.1. The van der Waals surface area contributed by atoms with Crippen LogP contribution in [0.25, 0.3) is 0 Å². The average molecular weight is 447 g/mol. The van der Waals surface area contributed by atoms with Crippen LogP contribution in [0, 0.1) is 6.92 Å². The number of aryl methyl sites for hydroxylation is 1. The van der Waals surface area contributed by atoms with Gasteiger partial charge < -0.3 is 14.8 Å². The molecule has 0 unspecified atom stereocenters. The molecule has 0 aliphatic carbocycles. The Hall–Kier alpha value is -3.55. The van der Waals surface area contributed by atoms with Crippen LogP contribution in [-0.2, 0) is 17.9 Å². The van der Waals surface area contributed by atoms with Gasteiger partial charge in [0.15, 0.2) is 5.82 Å². The minimum Gasteiger partial charge on any atom is -0.348 e. The third kappa shape index (κ3) is 5.10. The van der Waals surface area contributed by atoms with Gasteiger partial charge >= 0.3 is 0 Å². The zero-order chi connectivity index (χ0) is 23.4. The predicted octanol–water partition coefficient (Wildman–Crippen LogP) is 3.40. The summed E-state index contributed by atoms with van der Waals surface area (Å²) in [7, 11) is 0. The van der Waals surface area contributed by atoms with Gasteiger partial charge in [-0.3, -0.25) is 9.59 Å². The van der Waals surface area contributed by atoms with E-state index in [2.05, 4.69) is 34.1 Å². The van der Waals surface area contributed by atoms with Crippen molar-refractivity contribution < 1.29 is 9.59 Å². The second-order valence-corrected chi connectivity index (χ2v) is 8.71. The van der Waals surface area contributed by atoms with E-state index in [9.17, 15) is 9.59 Å².